The van der Waals surface area contributed by atoms with Gasteiger partial charge in [0.25, 0.3) is 0 Å². The van der Waals surface area contributed by atoms with Crippen molar-refractivity contribution in [3.05, 3.63) is 53.4 Å². The summed E-state index contributed by atoms with van der Waals surface area (Å²) >= 11 is 1.56. The highest BCUT2D eigenvalue weighted by Gasteiger charge is 2.32. The molecule has 0 aliphatic carbocycles. The molecule has 0 unspecified atom stereocenters. The molecule has 2 aromatic carbocycles. The van der Waals surface area contributed by atoms with Crippen molar-refractivity contribution >= 4 is 26.3 Å². The fourth-order valence-corrected chi connectivity index (χ4v) is 6.44. The molecule has 0 atom stereocenters. The number of aryl methyl sites for hydroxylation is 1. The van der Waals surface area contributed by atoms with Gasteiger partial charge in [-0.2, -0.15) is 0 Å². The minimum absolute atomic E-state index is 0.357. The van der Waals surface area contributed by atoms with Crippen LogP contribution in [0, 0.1) is 6.92 Å². The maximum Gasteiger partial charge on any atom is 0.185 e. The first-order chi connectivity index (χ1) is 14.9. The molecule has 0 amide bonds. The van der Waals surface area contributed by atoms with Gasteiger partial charge in [-0.3, -0.25) is 0 Å². The van der Waals surface area contributed by atoms with Crippen molar-refractivity contribution in [3.63, 3.8) is 0 Å². The van der Waals surface area contributed by atoms with Gasteiger partial charge in [0.05, 0.1) is 30.1 Å². The van der Waals surface area contributed by atoms with Gasteiger partial charge >= 0.3 is 0 Å². The molecule has 4 rings (SSSR count). The summed E-state index contributed by atoms with van der Waals surface area (Å²) in [5.74, 6) is 1.48. The maximum atomic E-state index is 13.0. The first-order valence-corrected chi connectivity index (χ1v) is 12.6. The molecule has 8 heteroatoms. The fraction of sp³-hybridized carbons (Fsp3) is 0.348. The first kappa shape index (κ1) is 21.6. The molecule has 2 heterocycles. The van der Waals surface area contributed by atoms with Crippen LogP contribution in [0.2, 0.25) is 0 Å². The van der Waals surface area contributed by atoms with Crippen molar-refractivity contribution in [1.29, 1.82) is 0 Å². The van der Waals surface area contributed by atoms with Crippen molar-refractivity contribution in [2.45, 2.75) is 29.9 Å². The Morgan fingerprint density at radius 1 is 1.03 bits per heavy atom. The van der Waals surface area contributed by atoms with Crippen LogP contribution in [0.3, 0.4) is 0 Å². The van der Waals surface area contributed by atoms with Crippen LogP contribution < -0.4 is 14.4 Å². The Kier molecular flexibility index (Phi) is 6.20. The Hall–Kier alpha value is -2.58. The number of ether oxygens (including phenoxy) is 2. The quantitative estimate of drug-likeness (QED) is 0.539. The van der Waals surface area contributed by atoms with Crippen LogP contribution in [0.25, 0.3) is 11.3 Å². The molecule has 1 aliphatic heterocycles. The van der Waals surface area contributed by atoms with Crippen LogP contribution in [0.4, 0.5) is 5.13 Å². The lowest BCUT2D eigenvalue weighted by Gasteiger charge is -2.31. The zero-order chi connectivity index (χ0) is 22.0. The molecule has 31 heavy (non-hydrogen) atoms. The van der Waals surface area contributed by atoms with Crippen LogP contribution >= 0.6 is 11.3 Å². The summed E-state index contributed by atoms with van der Waals surface area (Å²) < 4.78 is 36.8. The molecule has 3 aromatic rings. The smallest absolute Gasteiger partial charge is 0.185 e. The standard InChI is InChI=1S/C23H26N2O4S2/c1-16-4-7-18(8-5-16)31(26,27)19-10-12-25(13-11-19)23-24-21(15-30-23)20-14-17(28-2)6-9-22(20)29-3/h4-9,14-15,19H,10-13H2,1-3H3. The topological polar surface area (TPSA) is 68.7 Å². The average molecular weight is 459 g/mol. The largest absolute Gasteiger partial charge is 0.497 e. The third-order valence-corrected chi connectivity index (χ3v) is 8.86. The van der Waals surface area contributed by atoms with Gasteiger partial charge in [-0.25, -0.2) is 13.4 Å². The number of hydrogen-bond donors (Lipinski definition) is 0. The van der Waals surface area contributed by atoms with Gasteiger partial charge in [0.1, 0.15) is 11.5 Å². The number of piperidine rings is 1. The normalized spacial score (nSPS) is 15.1. The number of benzene rings is 2. The lowest BCUT2D eigenvalue weighted by molar-refractivity contribution is 0.404. The molecular weight excluding hydrogens is 432 g/mol. The van der Waals surface area contributed by atoms with Gasteiger partial charge < -0.3 is 14.4 Å². The number of aromatic nitrogens is 1. The lowest BCUT2D eigenvalue weighted by atomic mass is 10.1. The number of thiazole rings is 1. The van der Waals surface area contributed by atoms with Gasteiger partial charge in [0, 0.05) is 24.0 Å². The highest BCUT2D eigenvalue weighted by molar-refractivity contribution is 7.92. The van der Waals surface area contributed by atoms with Crippen LogP contribution in [0.15, 0.2) is 52.7 Å². The number of sulfone groups is 1. The molecular formula is C23H26N2O4S2. The minimum Gasteiger partial charge on any atom is -0.497 e. The van der Waals surface area contributed by atoms with Gasteiger partial charge in [0.2, 0.25) is 0 Å². The second-order valence-electron chi connectivity index (χ2n) is 7.63. The third-order valence-electron chi connectivity index (χ3n) is 5.68. The number of rotatable bonds is 6. The Bertz CT molecular complexity index is 1150. The summed E-state index contributed by atoms with van der Waals surface area (Å²) in [6.45, 7) is 3.29. The monoisotopic (exact) mass is 458 g/mol. The SMILES string of the molecule is COc1ccc(OC)c(-c2csc(N3CCC(S(=O)(=O)c4ccc(C)cc4)CC3)n2)c1. The van der Waals surface area contributed by atoms with Crippen LogP contribution in [0.5, 0.6) is 11.5 Å². The van der Waals surface area contributed by atoms with E-state index in [4.69, 9.17) is 14.5 Å². The van der Waals surface area contributed by atoms with E-state index >= 15 is 0 Å². The molecule has 1 fully saturated rings. The molecule has 0 radical (unpaired) electrons. The van der Waals surface area contributed by atoms with Crippen molar-refractivity contribution in [2.75, 3.05) is 32.2 Å². The summed E-state index contributed by atoms with van der Waals surface area (Å²) in [5, 5.41) is 2.54. The lowest BCUT2D eigenvalue weighted by Crippen LogP contribution is -2.39. The van der Waals surface area contributed by atoms with E-state index in [9.17, 15) is 8.42 Å². The fourth-order valence-electron chi connectivity index (χ4n) is 3.83. The predicted octanol–water partition coefficient (Wildman–Crippen LogP) is 4.58. The van der Waals surface area contributed by atoms with E-state index in [0.29, 0.717) is 30.8 Å². The Balaban J connectivity index is 1.48. The van der Waals surface area contributed by atoms with E-state index in [1.54, 1.807) is 37.7 Å². The third kappa shape index (κ3) is 4.41. The predicted molar refractivity (Wildman–Crippen MR) is 124 cm³/mol. The molecule has 1 aliphatic rings. The van der Waals surface area contributed by atoms with E-state index in [1.165, 1.54) is 0 Å². The van der Waals surface area contributed by atoms with Crippen LogP contribution in [-0.2, 0) is 9.84 Å². The summed E-state index contributed by atoms with van der Waals surface area (Å²) in [4.78, 5) is 7.39. The van der Waals surface area contributed by atoms with Crippen molar-refractivity contribution < 1.29 is 17.9 Å². The summed E-state index contributed by atoms with van der Waals surface area (Å²) in [6.07, 6.45) is 1.18. The second kappa shape index (κ2) is 8.88. The summed E-state index contributed by atoms with van der Waals surface area (Å²) in [6, 6.07) is 12.8. The van der Waals surface area contributed by atoms with E-state index in [1.807, 2.05) is 42.6 Å². The second-order valence-corrected chi connectivity index (χ2v) is 10.7. The van der Waals surface area contributed by atoms with Gasteiger partial charge in [-0.1, -0.05) is 17.7 Å². The van der Waals surface area contributed by atoms with E-state index in [-0.39, 0.29) is 5.25 Å². The maximum absolute atomic E-state index is 13.0. The van der Waals surface area contributed by atoms with Gasteiger partial charge in [0.15, 0.2) is 15.0 Å². The molecule has 0 N–H and O–H groups in total. The molecule has 0 spiro atoms. The minimum atomic E-state index is -3.31. The van der Waals surface area contributed by atoms with Gasteiger partial charge in [-0.05, 0) is 50.1 Å². The first-order valence-electron chi connectivity index (χ1n) is 10.2. The summed E-state index contributed by atoms with van der Waals surface area (Å²) in [5.41, 5.74) is 2.76. The molecule has 1 saturated heterocycles. The Morgan fingerprint density at radius 2 is 1.74 bits per heavy atom. The zero-order valence-corrected chi connectivity index (χ0v) is 19.5. The van der Waals surface area contributed by atoms with Crippen LogP contribution in [-0.4, -0.2) is 46.0 Å². The molecule has 6 nitrogen and oxygen atoms in total. The highest BCUT2D eigenvalue weighted by Crippen LogP contribution is 2.37. The summed E-state index contributed by atoms with van der Waals surface area (Å²) in [7, 11) is -0.0444. The Morgan fingerprint density at radius 3 is 2.39 bits per heavy atom. The molecule has 0 bridgehead atoms. The van der Waals surface area contributed by atoms with E-state index < -0.39 is 9.84 Å². The molecule has 164 valence electrons. The highest BCUT2D eigenvalue weighted by atomic mass is 32.2. The van der Waals surface area contributed by atoms with Gasteiger partial charge in [-0.15, -0.1) is 11.3 Å². The number of methoxy groups -OCH3 is 2. The van der Waals surface area contributed by atoms with E-state index in [0.717, 1.165) is 33.5 Å². The Labute approximate surface area is 187 Å². The van der Waals surface area contributed by atoms with Crippen molar-refractivity contribution in [2.24, 2.45) is 0 Å². The van der Waals surface area contributed by atoms with E-state index in [2.05, 4.69) is 4.90 Å². The number of anilines is 1. The number of nitrogens with zero attached hydrogens (tertiary/aromatic N) is 2. The van der Waals surface area contributed by atoms with Crippen molar-refractivity contribution in [1.82, 2.24) is 4.98 Å². The molecule has 0 saturated carbocycles. The number of hydrogen-bond acceptors (Lipinski definition) is 7. The van der Waals surface area contributed by atoms with Crippen molar-refractivity contribution in [3.8, 4) is 22.8 Å². The van der Waals surface area contributed by atoms with Crippen LogP contribution in [0.1, 0.15) is 18.4 Å². The molecule has 1 aromatic heterocycles. The average Bonchev–Trinajstić information content (AvgIpc) is 3.29. The zero-order valence-electron chi connectivity index (χ0n) is 17.9.